The summed E-state index contributed by atoms with van der Waals surface area (Å²) < 4.78 is 1.78. The average molecular weight is 257 g/mol. The summed E-state index contributed by atoms with van der Waals surface area (Å²) in [6, 6.07) is 7.69. The molecule has 0 aliphatic rings. The SMILES string of the molecule is CC(C)c1ccc(NC(=O)C(C)n2ccnc2)cc1. The molecule has 19 heavy (non-hydrogen) atoms. The summed E-state index contributed by atoms with van der Waals surface area (Å²) in [6.07, 6.45) is 5.10. The molecule has 0 spiro atoms. The molecule has 2 rings (SSSR count). The van der Waals surface area contributed by atoms with Crippen LogP contribution in [0.5, 0.6) is 0 Å². The number of aromatic nitrogens is 2. The van der Waals surface area contributed by atoms with Crippen molar-refractivity contribution in [2.45, 2.75) is 32.7 Å². The van der Waals surface area contributed by atoms with Gasteiger partial charge in [0.15, 0.2) is 0 Å². The van der Waals surface area contributed by atoms with E-state index in [2.05, 4.69) is 24.1 Å². The van der Waals surface area contributed by atoms with Gasteiger partial charge in [0, 0.05) is 18.1 Å². The second kappa shape index (κ2) is 5.69. The molecule has 4 heteroatoms. The second-order valence-electron chi connectivity index (χ2n) is 4.95. The largest absolute Gasteiger partial charge is 0.325 e. The second-order valence-corrected chi connectivity index (χ2v) is 4.95. The summed E-state index contributed by atoms with van der Waals surface area (Å²) in [5, 5.41) is 2.91. The first kappa shape index (κ1) is 13.3. The molecule has 2 aromatic rings. The minimum Gasteiger partial charge on any atom is -0.325 e. The number of hydrogen-bond donors (Lipinski definition) is 1. The molecule has 0 saturated carbocycles. The molecule has 0 saturated heterocycles. The van der Waals surface area contributed by atoms with Gasteiger partial charge in [-0.3, -0.25) is 4.79 Å². The van der Waals surface area contributed by atoms with E-state index < -0.39 is 0 Å². The fourth-order valence-corrected chi connectivity index (χ4v) is 1.83. The molecule has 1 amide bonds. The van der Waals surface area contributed by atoms with Gasteiger partial charge < -0.3 is 9.88 Å². The molecule has 1 N–H and O–H groups in total. The van der Waals surface area contributed by atoms with Gasteiger partial charge in [0.05, 0.1) is 6.33 Å². The number of nitrogens with zero attached hydrogens (tertiary/aromatic N) is 2. The van der Waals surface area contributed by atoms with E-state index in [0.29, 0.717) is 5.92 Å². The van der Waals surface area contributed by atoms with Gasteiger partial charge in [0.2, 0.25) is 5.91 Å². The highest BCUT2D eigenvalue weighted by Gasteiger charge is 2.14. The number of carbonyl (C=O) groups is 1. The van der Waals surface area contributed by atoms with Crippen LogP contribution in [0.2, 0.25) is 0 Å². The molecular formula is C15H19N3O. The normalized spacial score (nSPS) is 12.4. The van der Waals surface area contributed by atoms with E-state index in [1.54, 1.807) is 23.3 Å². The molecule has 0 aliphatic heterocycles. The first-order valence-electron chi connectivity index (χ1n) is 6.46. The molecule has 1 aromatic heterocycles. The van der Waals surface area contributed by atoms with Crippen LogP contribution in [0, 0.1) is 0 Å². The minimum atomic E-state index is -0.271. The standard InChI is InChI=1S/C15H19N3O/c1-11(2)13-4-6-14(7-5-13)17-15(19)12(3)18-9-8-16-10-18/h4-12H,1-3H3,(H,17,19). The number of imidazole rings is 1. The molecule has 1 atom stereocenters. The van der Waals surface area contributed by atoms with Gasteiger partial charge in [-0.15, -0.1) is 0 Å². The molecule has 100 valence electrons. The van der Waals surface area contributed by atoms with Crippen LogP contribution < -0.4 is 5.32 Å². The van der Waals surface area contributed by atoms with Gasteiger partial charge in [-0.2, -0.15) is 0 Å². The molecule has 0 radical (unpaired) electrons. The van der Waals surface area contributed by atoms with Crippen molar-refractivity contribution in [3.8, 4) is 0 Å². The lowest BCUT2D eigenvalue weighted by atomic mass is 10.0. The predicted molar refractivity (Wildman–Crippen MR) is 76.1 cm³/mol. The molecule has 1 aromatic carbocycles. The van der Waals surface area contributed by atoms with Gasteiger partial charge >= 0.3 is 0 Å². The topological polar surface area (TPSA) is 46.9 Å². The highest BCUT2D eigenvalue weighted by atomic mass is 16.2. The number of benzene rings is 1. The maximum atomic E-state index is 12.1. The third kappa shape index (κ3) is 3.22. The Kier molecular flexibility index (Phi) is 4.00. The Balaban J connectivity index is 2.02. The maximum Gasteiger partial charge on any atom is 0.247 e. The Bertz CT molecular complexity index is 529. The van der Waals surface area contributed by atoms with Crippen LogP contribution in [-0.2, 0) is 4.79 Å². The van der Waals surface area contributed by atoms with Crippen LogP contribution >= 0.6 is 0 Å². The van der Waals surface area contributed by atoms with Gasteiger partial charge in [0.1, 0.15) is 6.04 Å². The number of nitrogens with one attached hydrogen (secondary N) is 1. The van der Waals surface area contributed by atoms with E-state index in [0.717, 1.165) is 5.69 Å². The van der Waals surface area contributed by atoms with E-state index in [9.17, 15) is 4.79 Å². The van der Waals surface area contributed by atoms with Crippen LogP contribution in [0.4, 0.5) is 5.69 Å². The maximum absolute atomic E-state index is 12.1. The number of rotatable bonds is 4. The van der Waals surface area contributed by atoms with E-state index in [1.165, 1.54) is 5.56 Å². The summed E-state index contributed by atoms with van der Waals surface area (Å²) in [5.74, 6) is 0.449. The fraction of sp³-hybridized carbons (Fsp3) is 0.333. The van der Waals surface area contributed by atoms with Gasteiger partial charge in [-0.25, -0.2) is 4.98 Å². The van der Waals surface area contributed by atoms with E-state index >= 15 is 0 Å². The van der Waals surface area contributed by atoms with Crippen LogP contribution in [0.3, 0.4) is 0 Å². The van der Waals surface area contributed by atoms with Gasteiger partial charge in [-0.05, 0) is 30.5 Å². The summed E-state index contributed by atoms with van der Waals surface area (Å²) in [4.78, 5) is 16.0. The van der Waals surface area contributed by atoms with Crippen molar-refractivity contribution >= 4 is 11.6 Å². The van der Waals surface area contributed by atoms with Crippen LogP contribution in [0.1, 0.15) is 38.3 Å². The van der Waals surface area contributed by atoms with Crippen molar-refractivity contribution in [2.75, 3.05) is 5.32 Å². The van der Waals surface area contributed by atoms with E-state index in [-0.39, 0.29) is 11.9 Å². The monoisotopic (exact) mass is 257 g/mol. The Morgan fingerprint density at radius 3 is 2.42 bits per heavy atom. The number of anilines is 1. The third-order valence-electron chi connectivity index (χ3n) is 3.20. The van der Waals surface area contributed by atoms with E-state index in [4.69, 9.17) is 0 Å². The molecule has 1 heterocycles. The van der Waals surface area contributed by atoms with Gasteiger partial charge in [-0.1, -0.05) is 26.0 Å². The zero-order chi connectivity index (χ0) is 13.8. The summed E-state index contributed by atoms with van der Waals surface area (Å²) in [7, 11) is 0. The molecule has 0 fully saturated rings. The van der Waals surface area contributed by atoms with Crippen molar-refractivity contribution in [1.82, 2.24) is 9.55 Å². The zero-order valence-electron chi connectivity index (χ0n) is 11.5. The number of carbonyl (C=O) groups excluding carboxylic acids is 1. The molecule has 4 nitrogen and oxygen atoms in total. The van der Waals surface area contributed by atoms with Crippen molar-refractivity contribution in [2.24, 2.45) is 0 Å². The molecule has 1 unspecified atom stereocenters. The lowest BCUT2D eigenvalue weighted by Gasteiger charge is -2.14. The average Bonchev–Trinajstić information content (AvgIpc) is 2.92. The van der Waals surface area contributed by atoms with E-state index in [1.807, 2.05) is 31.2 Å². The predicted octanol–water partition coefficient (Wildman–Crippen LogP) is 3.21. The van der Waals surface area contributed by atoms with Crippen LogP contribution in [0.15, 0.2) is 43.0 Å². The van der Waals surface area contributed by atoms with Crippen molar-refractivity contribution in [3.05, 3.63) is 48.5 Å². The van der Waals surface area contributed by atoms with Crippen molar-refractivity contribution in [3.63, 3.8) is 0 Å². The smallest absolute Gasteiger partial charge is 0.247 e. The molecular weight excluding hydrogens is 238 g/mol. The number of amides is 1. The summed E-state index contributed by atoms with van der Waals surface area (Å²) in [5.41, 5.74) is 2.09. The summed E-state index contributed by atoms with van der Waals surface area (Å²) in [6.45, 7) is 6.14. The zero-order valence-corrected chi connectivity index (χ0v) is 11.5. The Morgan fingerprint density at radius 2 is 1.89 bits per heavy atom. The minimum absolute atomic E-state index is 0.0460. The molecule has 0 aliphatic carbocycles. The first-order chi connectivity index (χ1) is 9.08. The van der Waals surface area contributed by atoms with Crippen LogP contribution in [-0.4, -0.2) is 15.5 Å². The number of hydrogen-bond acceptors (Lipinski definition) is 2. The van der Waals surface area contributed by atoms with Crippen molar-refractivity contribution in [1.29, 1.82) is 0 Å². The fourth-order valence-electron chi connectivity index (χ4n) is 1.83. The lowest BCUT2D eigenvalue weighted by molar-refractivity contribution is -0.118. The lowest BCUT2D eigenvalue weighted by Crippen LogP contribution is -2.22. The molecule has 0 bridgehead atoms. The first-order valence-corrected chi connectivity index (χ1v) is 6.46. The Morgan fingerprint density at radius 1 is 1.21 bits per heavy atom. The highest BCUT2D eigenvalue weighted by Crippen LogP contribution is 2.18. The summed E-state index contributed by atoms with van der Waals surface area (Å²) >= 11 is 0. The Labute approximate surface area is 113 Å². The van der Waals surface area contributed by atoms with Gasteiger partial charge in [0.25, 0.3) is 0 Å². The quantitative estimate of drug-likeness (QED) is 0.914. The van der Waals surface area contributed by atoms with Crippen LogP contribution in [0.25, 0.3) is 0 Å². The third-order valence-corrected chi connectivity index (χ3v) is 3.20. The van der Waals surface area contributed by atoms with Crippen molar-refractivity contribution < 1.29 is 4.79 Å². The highest BCUT2D eigenvalue weighted by molar-refractivity contribution is 5.93. The Hall–Kier alpha value is -2.10.